The molecule has 1 aromatic carbocycles. The minimum absolute atomic E-state index is 0.0633. The number of hydrogen-bond donors (Lipinski definition) is 2. The summed E-state index contributed by atoms with van der Waals surface area (Å²) in [5, 5.41) is 2.83. The van der Waals surface area contributed by atoms with Gasteiger partial charge in [-0.2, -0.15) is 0 Å². The molecule has 0 radical (unpaired) electrons. The molecule has 0 heterocycles. The van der Waals surface area contributed by atoms with Gasteiger partial charge in [0.15, 0.2) is 0 Å². The molecule has 0 atom stereocenters. The van der Waals surface area contributed by atoms with Gasteiger partial charge in [0.25, 0.3) is 0 Å². The average molecular weight is 209 g/mol. The van der Waals surface area contributed by atoms with E-state index in [-0.39, 0.29) is 5.91 Å². The molecule has 0 aliphatic rings. The molecule has 0 saturated heterocycles. The molecule has 0 unspecified atom stereocenters. The number of hydrogen-bond acceptors (Lipinski definition) is 2. The van der Waals surface area contributed by atoms with Gasteiger partial charge in [0.05, 0.1) is 5.69 Å². The van der Waals surface area contributed by atoms with Crippen molar-refractivity contribution in [3.05, 3.63) is 24.3 Å². The van der Waals surface area contributed by atoms with E-state index in [4.69, 9.17) is 0 Å². The quantitative estimate of drug-likeness (QED) is 0.733. The Balaban J connectivity index is 2.52. The fraction of sp³-hybridized carbons (Fsp3) is 0.364. The number of rotatable bonds is 4. The van der Waals surface area contributed by atoms with E-state index >= 15 is 0 Å². The Kier molecular flexibility index (Phi) is 4.53. The standard InChI is InChI=1S/C11H15NOS/c1-2-3-8-11(13)12-9-6-4-5-7-10(9)14/h4-7,14H,2-3,8H2,1H3,(H,12,13). The Bertz CT molecular complexity index is 312. The normalized spacial score (nSPS) is 9.86. The summed E-state index contributed by atoms with van der Waals surface area (Å²) in [6, 6.07) is 7.49. The van der Waals surface area contributed by atoms with E-state index in [0.717, 1.165) is 23.4 Å². The molecule has 14 heavy (non-hydrogen) atoms. The van der Waals surface area contributed by atoms with Crippen LogP contribution in [-0.4, -0.2) is 5.91 Å². The first kappa shape index (κ1) is 11.1. The maximum absolute atomic E-state index is 11.4. The van der Waals surface area contributed by atoms with Crippen molar-refractivity contribution in [3.63, 3.8) is 0 Å². The van der Waals surface area contributed by atoms with Gasteiger partial charge in [-0.05, 0) is 18.6 Å². The number of anilines is 1. The largest absolute Gasteiger partial charge is 0.325 e. The lowest BCUT2D eigenvalue weighted by atomic mass is 10.2. The van der Waals surface area contributed by atoms with E-state index in [9.17, 15) is 4.79 Å². The highest BCUT2D eigenvalue weighted by Gasteiger charge is 2.02. The molecule has 0 aliphatic carbocycles. The van der Waals surface area contributed by atoms with E-state index in [1.54, 1.807) is 0 Å². The van der Waals surface area contributed by atoms with Crippen LogP contribution >= 0.6 is 12.6 Å². The highest BCUT2D eigenvalue weighted by atomic mass is 32.1. The first-order chi connectivity index (χ1) is 6.74. The molecule has 0 spiro atoms. The van der Waals surface area contributed by atoms with Crippen molar-refractivity contribution >= 4 is 24.2 Å². The zero-order valence-corrected chi connectivity index (χ0v) is 9.18. The van der Waals surface area contributed by atoms with Crippen molar-refractivity contribution in [2.75, 3.05) is 5.32 Å². The van der Waals surface area contributed by atoms with Gasteiger partial charge in [-0.15, -0.1) is 12.6 Å². The first-order valence-electron chi connectivity index (χ1n) is 4.82. The monoisotopic (exact) mass is 209 g/mol. The Morgan fingerprint density at radius 2 is 2.14 bits per heavy atom. The van der Waals surface area contributed by atoms with Crippen LogP contribution in [0.3, 0.4) is 0 Å². The molecule has 1 N–H and O–H groups in total. The van der Waals surface area contributed by atoms with Crippen LogP contribution in [0.15, 0.2) is 29.2 Å². The summed E-state index contributed by atoms with van der Waals surface area (Å²) < 4.78 is 0. The zero-order chi connectivity index (χ0) is 10.4. The molecule has 1 amide bonds. The Morgan fingerprint density at radius 3 is 2.79 bits per heavy atom. The number of benzene rings is 1. The highest BCUT2D eigenvalue weighted by Crippen LogP contribution is 2.18. The number of carbonyl (C=O) groups excluding carboxylic acids is 1. The number of amides is 1. The minimum atomic E-state index is 0.0633. The Hall–Kier alpha value is -0.960. The molecule has 1 rings (SSSR count). The third kappa shape index (κ3) is 3.42. The van der Waals surface area contributed by atoms with E-state index in [1.165, 1.54) is 0 Å². The van der Waals surface area contributed by atoms with Gasteiger partial charge in [-0.3, -0.25) is 4.79 Å². The average Bonchev–Trinajstić information content (AvgIpc) is 2.18. The van der Waals surface area contributed by atoms with Crippen molar-refractivity contribution in [1.82, 2.24) is 0 Å². The maximum Gasteiger partial charge on any atom is 0.224 e. The van der Waals surface area contributed by atoms with Gasteiger partial charge in [0, 0.05) is 11.3 Å². The SMILES string of the molecule is CCCCC(=O)Nc1ccccc1S. The van der Waals surface area contributed by atoms with Crippen molar-refractivity contribution in [2.24, 2.45) is 0 Å². The molecule has 0 bridgehead atoms. The van der Waals surface area contributed by atoms with Crippen LogP contribution in [-0.2, 0) is 4.79 Å². The lowest BCUT2D eigenvalue weighted by Crippen LogP contribution is -2.11. The van der Waals surface area contributed by atoms with Gasteiger partial charge in [-0.1, -0.05) is 25.5 Å². The number of thiol groups is 1. The van der Waals surface area contributed by atoms with Crippen molar-refractivity contribution in [2.45, 2.75) is 31.1 Å². The van der Waals surface area contributed by atoms with Crippen LogP contribution < -0.4 is 5.32 Å². The van der Waals surface area contributed by atoms with E-state index in [2.05, 4.69) is 24.9 Å². The fourth-order valence-corrected chi connectivity index (χ4v) is 1.35. The fourth-order valence-electron chi connectivity index (χ4n) is 1.13. The van der Waals surface area contributed by atoms with Crippen LogP contribution in [0, 0.1) is 0 Å². The van der Waals surface area contributed by atoms with Gasteiger partial charge in [-0.25, -0.2) is 0 Å². The summed E-state index contributed by atoms with van der Waals surface area (Å²) in [4.78, 5) is 12.2. The maximum atomic E-state index is 11.4. The summed E-state index contributed by atoms with van der Waals surface area (Å²) in [6.07, 6.45) is 2.55. The zero-order valence-electron chi connectivity index (χ0n) is 8.29. The summed E-state index contributed by atoms with van der Waals surface area (Å²) in [5.41, 5.74) is 0.789. The minimum Gasteiger partial charge on any atom is -0.325 e. The molecule has 76 valence electrons. The van der Waals surface area contributed by atoms with Gasteiger partial charge >= 0.3 is 0 Å². The van der Waals surface area contributed by atoms with Crippen molar-refractivity contribution in [3.8, 4) is 0 Å². The number of nitrogens with one attached hydrogen (secondary N) is 1. The first-order valence-corrected chi connectivity index (χ1v) is 5.26. The number of unbranched alkanes of at least 4 members (excludes halogenated alkanes) is 1. The molecule has 0 fully saturated rings. The summed E-state index contributed by atoms with van der Waals surface area (Å²) in [6.45, 7) is 2.07. The van der Waals surface area contributed by atoms with Crippen LogP contribution in [0.2, 0.25) is 0 Å². The molecule has 1 aromatic rings. The van der Waals surface area contributed by atoms with Crippen LogP contribution in [0.1, 0.15) is 26.2 Å². The van der Waals surface area contributed by atoms with Crippen molar-refractivity contribution < 1.29 is 4.79 Å². The Labute approximate surface area is 90.1 Å². The highest BCUT2D eigenvalue weighted by molar-refractivity contribution is 7.80. The predicted octanol–water partition coefficient (Wildman–Crippen LogP) is 3.10. The predicted molar refractivity (Wildman–Crippen MR) is 61.8 cm³/mol. The molecular weight excluding hydrogens is 194 g/mol. The second-order valence-electron chi connectivity index (χ2n) is 3.17. The van der Waals surface area contributed by atoms with E-state index < -0.39 is 0 Å². The van der Waals surface area contributed by atoms with Gasteiger partial charge < -0.3 is 5.32 Å². The van der Waals surface area contributed by atoms with Crippen LogP contribution in [0.4, 0.5) is 5.69 Å². The number of para-hydroxylation sites is 1. The van der Waals surface area contributed by atoms with Crippen LogP contribution in [0.5, 0.6) is 0 Å². The second kappa shape index (κ2) is 5.70. The van der Waals surface area contributed by atoms with E-state index in [0.29, 0.717) is 6.42 Å². The van der Waals surface area contributed by atoms with Crippen molar-refractivity contribution in [1.29, 1.82) is 0 Å². The van der Waals surface area contributed by atoms with Gasteiger partial charge in [0.1, 0.15) is 0 Å². The van der Waals surface area contributed by atoms with E-state index in [1.807, 2.05) is 24.3 Å². The molecular formula is C11H15NOS. The summed E-state index contributed by atoms with van der Waals surface area (Å²) in [5.74, 6) is 0.0633. The lowest BCUT2D eigenvalue weighted by Gasteiger charge is -2.06. The molecule has 0 saturated carbocycles. The summed E-state index contributed by atoms with van der Waals surface area (Å²) >= 11 is 4.25. The topological polar surface area (TPSA) is 29.1 Å². The third-order valence-electron chi connectivity index (χ3n) is 1.94. The second-order valence-corrected chi connectivity index (χ2v) is 3.65. The van der Waals surface area contributed by atoms with Gasteiger partial charge in [0.2, 0.25) is 5.91 Å². The lowest BCUT2D eigenvalue weighted by molar-refractivity contribution is -0.116. The third-order valence-corrected chi connectivity index (χ3v) is 2.33. The molecule has 0 aliphatic heterocycles. The molecule has 0 aromatic heterocycles. The number of carbonyl (C=O) groups is 1. The molecule has 3 heteroatoms. The Morgan fingerprint density at radius 1 is 1.43 bits per heavy atom. The smallest absolute Gasteiger partial charge is 0.224 e. The summed E-state index contributed by atoms with van der Waals surface area (Å²) in [7, 11) is 0. The molecule has 2 nitrogen and oxygen atoms in total. The van der Waals surface area contributed by atoms with Crippen LogP contribution in [0.25, 0.3) is 0 Å².